The Bertz CT molecular complexity index is 686. The van der Waals surface area contributed by atoms with Gasteiger partial charge in [-0.1, -0.05) is 29.8 Å². The number of nitrogens with one attached hydrogen (secondary N) is 1. The maximum absolute atomic E-state index is 12.1. The lowest BCUT2D eigenvalue weighted by atomic mass is 10.1. The zero-order chi connectivity index (χ0) is 15.4. The molecule has 0 unspecified atom stereocenters. The second-order valence-corrected chi connectivity index (χ2v) is 4.57. The fourth-order valence-corrected chi connectivity index (χ4v) is 2.10. The molecule has 0 heterocycles. The average Bonchev–Trinajstić information content (AvgIpc) is 2.47. The van der Waals surface area contributed by atoms with E-state index in [1.54, 1.807) is 30.3 Å². The molecule has 0 aromatic heterocycles. The Morgan fingerprint density at radius 1 is 1.14 bits per heavy atom. The molecule has 0 spiro atoms. The smallest absolute Gasteiger partial charge is 0.335 e. The first-order valence-corrected chi connectivity index (χ1v) is 6.38. The molecule has 6 heteroatoms. The third kappa shape index (κ3) is 3.32. The van der Waals surface area contributed by atoms with Gasteiger partial charge in [0.1, 0.15) is 0 Å². The summed E-state index contributed by atoms with van der Waals surface area (Å²) in [5.74, 6) is -1.31. The zero-order valence-electron chi connectivity index (χ0n) is 11.1. The van der Waals surface area contributed by atoms with Crippen LogP contribution in [-0.4, -0.2) is 24.1 Å². The van der Waals surface area contributed by atoms with Crippen molar-refractivity contribution in [3.63, 3.8) is 0 Å². The summed E-state index contributed by atoms with van der Waals surface area (Å²) in [5.41, 5.74) is 0.608. The molecule has 2 rings (SSSR count). The van der Waals surface area contributed by atoms with E-state index in [-0.39, 0.29) is 27.9 Å². The van der Waals surface area contributed by atoms with Crippen LogP contribution >= 0.6 is 11.6 Å². The van der Waals surface area contributed by atoms with Gasteiger partial charge in [-0.25, -0.2) is 4.79 Å². The Kier molecular flexibility index (Phi) is 4.45. The van der Waals surface area contributed by atoms with Crippen molar-refractivity contribution < 1.29 is 19.4 Å². The van der Waals surface area contributed by atoms with E-state index in [0.29, 0.717) is 5.56 Å². The van der Waals surface area contributed by atoms with Gasteiger partial charge < -0.3 is 15.2 Å². The van der Waals surface area contributed by atoms with Crippen molar-refractivity contribution in [3.8, 4) is 5.75 Å². The molecule has 0 aliphatic heterocycles. The van der Waals surface area contributed by atoms with Gasteiger partial charge in [0, 0.05) is 5.56 Å². The third-order valence-corrected chi connectivity index (χ3v) is 3.06. The summed E-state index contributed by atoms with van der Waals surface area (Å²) in [7, 11) is 1.39. The molecule has 0 bridgehead atoms. The van der Waals surface area contributed by atoms with E-state index in [9.17, 15) is 9.59 Å². The summed E-state index contributed by atoms with van der Waals surface area (Å²) < 4.78 is 5.11. The van der Waals surface area contributed by atoms with Gasteiger partial charge in [-0.15, -0.1) is 0 Å². The predicted molar refractivity (Wildman–Crippen MR) is 79.4 cm³/mol. The number of benzene rings is 2. The Balaban J connectivity index is 2.38. The van der Waals surface area contributed by atoms with Gasteiger partial charge in [0.05, 0.1) is 23.4 Å². The number of amides is 1. The topological polar surface area (TPSA) is 75.6 Å². The number of carbonyl (C=O) groups is 2. The van der Waals surface area contributed by atoms with Crippen molar-refractivity contribution >= 4 is 29.2 Å². The first-order valence-electron chi connectivity index (χ1n) is 6.00. The molecule has 21 heavy (non-hydrogen) atoms. The van der Waals surface area contributed by atoms with Crippen molar-refractivity contribution in [2.24, 2.45) is 0 Å². The molecule has 0 saturated carbocycles. The maximum atomic E-state index is 12.1. The molecular weight excluding hydrogens is 294 g/mol. The fraction of sp³-hybridized carbons (Fsp3) is 0.0667. The molecule has 0 aliphatic rings. The number of ether oxygens (including phenoxy) is 1. The number of carboxylic acids is 1. The molecule has 2 N–H and O–H groups in total. The minimum atomic E-state index is -1.14. The molecule has 0 saturated heterocycles. The van der Waals surface area contributed by atoms with Gasteiger partial charge in [-0.05, 0) is 24.3 Å². The van der Waals surface area contributed by atoms with Crippen molar-refractivity contribution in [1.82, 2.24) is 0 Å². The Morgan fingerprint density at radius 2 is 1.81 bits per heavy atom. The van der Waals surface area contributed by atoms with Crippen LogP contribution in [0.4, 0.5) is 5.69 Å². The van der Waals surface area contributed by atoms with E-state index in [4.69, 9.17) is 21.4 Å². The highest BCUT2D eigenvalue weighted by Gasteiger charge is 2.16. The van der Waals surface area contributed by atoms with Crippen LogP contribution in [0.5, 0.6) is 5.75 Å². The number of anilines is 1. The second-order valence-electron chi connectivity index (χ2n) is 4.16. The standard InChI is InChI=1S/C15H12ClNO4/c1-21-13-11(16)7-10(15(19)20)8-12(13)17-14(18)9-5-3-2-4-6-9/h2-8H,1H3,(H,17,18)(H,19,20). The molecular formula is C15H12ClNO4. The van der Waals surface area contributed by atoms with Crippen molar-refractivity contribution in [1.29, 1.82) is 0 Å². The van der Waals surface area contributed by atoms with Crippen LogP contribution in [0, 0.1) is 0 Å². The number of aromatic carboxylic acids is 1. The number of rotatable bonds is 4. The van der Waals surface area contributed by atoms with Crippen LogP contribution in [-0.2, 0) is 0 Å². The summed E-state index contributed by atoms with van der Waals surface area (Å²) in [6.07, 6.45) is 0. The zero-order valence-corrected chi connectivity index (χ0v) is 11.8. The summed E-state index contributed by atoms with van der Waals surface area (Å²) in [4.78, 5) is 23.2. The monoisotopic (exact) mass is 305 g/mol. The molecule has 0 fully saturated rings. The van der Waals surface area contributed by atoms with Crippen LogP contribution in [0.15, 0.2) is 42.5 Å². The largest absolute Gasteiger partial charge is 0.493 e. The van der Waals surface area contributed by atoms with Crippen molar-refractivity contribution in [2.75, 3.05) is 12.4 Å². The number of hydrogen-bond acceptors (Lipinski definition) is 3. The summed E-state index contributed by atoms with van der Waals surface area (Å²) in [5, 5.41) is 11.8. The lowest BCUT2D eigenvalue weighted by molar-refractivity contribution is 0.0696. The lowest BCUT2D eigenvalue weighted by Crippen LogP contribution is -2.13. The highest BCUT2D eigenvalue weighted by atomic mass is 35.5. The fourth-order valence-electron chi connectivity index (χ4n) is 1.80. The van der Waals surface area contributed by atoms with Crippen molar-refractivity contribution in [2.45, 2.75) is 0 Å². The van der Waals surface area contributed by atoms with E-state index in [1.165, 1.54) is 19.2 Å². The number of hydrogen-bond donors (Lipinski definition) is 2. The van der Waals surface area contributed by atoms with E-state index in [1.807, 2.05) is 0 Å². The van der Waals surface area contributed by atoms with Gasteiger partial charge in [0.15, 0.2) is 5.75 Å². The lowest BCUT2D eigenvalue weighted by Gasteiger charge is -2.12. The normalized spacial score (nSPS) is 10.0. The van der Waals surface area contributed by atoms with E-state index in [2.05, 4.69) is 5.32 Å². The average molecular weight is 306 g/mol. The summed E-state index contributed by atoms with van der Waals surface area (Å²) in [6, 6.07) is 11.1. The number of carboxylic acid groups (broad SMARTS) is 1. The van der Waals surface area contributed by atoms with Gasteiger partial charge in [0.25, 0.3) is 5.91 Å². The highest BCUT2D eigenvalue weighted by Crippen LogP contribution is 2.34. The molecule has 0 atom stereocenters. The van der Waals surface area contributed by atoms with Crippen LogP contribution in [0.2, 0.25) is 5.02 Å². The van der Waals surface area contributed by atoms with E-state index in [0.717, 1.165) is 0 Å². The number of carbonyl (C=O) groups excluding carboxylic acids is 1. The van der Waals surface area contributed by atoms with Crippen molar-refractivity contribution in [3.05, 3.63) is 58.6 Å². The molecule has 1 amide bonds. The van der Waals surface area contributed by atoms with Crippen LogP contribution in [0.1, 0.15) is 20.7 Å². The Hall–Kier alpha value is -2.53. The van der Waals surface area contributed by atoms with E-state index < -0.39 is 5.97 Å². The quantitative estimate of drug-likeness (QED) is 0.908. The summed E-state index contributed by atoms with van der Waals surface area (Å²) >= 11 is 5.97. The van der Waals surface area contributed by atoms with E-state index >= 15 is 0 Å². The minimum absolute atomic E-state index is 0.0378. The molecule has 0 radical (unpaired) electrons. The number of methoxy groups -OCH3 is 1. The third-order valence-electron chi connectivity index (χ3n) is 2.78. The molecule has 2 aromatic carbocycles. The predicted octanol–water partition coefficient (Wildman–Crippen LogP) is 3.30. The first kappa shape index (κ1) is 14.9. The number of halogens is 1. The second kappa shape index (κ2) is 6.28. The van der Waals surface area contributed by atoms with Gasteiger partial charge in [-0.2, -0.15) is 0 Å². The van der Waals surface area contributed by atoms with Gasteiger partial charge in [-0.3, -0.25) is 4.79 Å². The van der Waals surface area contributed by atoms with Crippen LogP contribution in [0.3, 0.4) is 0 Å². The molecule has 5 nitrogen and oxygen atoms in total. The molecule has 108 valence electrons. The SMILES string of the molecule is COc1c(Cl)cc(C(=O)O)cc1NC(=O)c1ccccc1. The minimum Gasteiger partial charge on any atom is -0.493 e. The van der Waals surface area contributed by atoms with Crippen LogP contribution < -0.4 is 10.1 Å². The molecule has 0 aliphatic carbocycles. The Labute approximate surface area is 126 Å². The van der Waals surface area contributed by atoms with Crippen LogP contribution in [0.25, 0.3) is 0 Å². The highest BCUT2D eigenvalue weighted by molar-refractivity contribution is 6.33. The summed E-state index contributed by atoms with van der Waals surface area (Å²) in [6.45, 7) is 0. The maximum Gasteiger partial charge on any atom is 0.335 e. The van der Waals surface area contributed by atoms with Gasteiger partial charge in [0.2, 0.25) is 0 Å². The van der Waals surface area contributed by atoms with Gasteiger partial charge >= 0.3 is 5.97 Å². The first-order chi connectivity index (χ1) is 10.0. The molecule has 2 aromatic rings. The Morgan fingerprint density at radius 3 is 2.38 bits per heavy atom.